The van der Waals surface area contributed by atoms with Crippen molar-refractivity contribution in [2.45, 2.75) is 19.3 Å². The molecule has 1 amide bonds. The molecular weight excluding hydrogens is 1170 g/mol. The molecule has 0 atom stereocenters. The molecule has 10 aromatic rings. The van der Waals surface area contributed by atoms with Crippen molar-refractivity contribution >= 4 is 51.4 Å². The molecule has 0 aliphatic carbocycles. The number of imidazole rings is 1. The lowest BCUT2D eigenvalue weighted by molar-refractivity contribution is -0.126. The third-order valence-corrected chi connectivity index (χ3v) is 13.4. The Labute approximate surface area is 500 Å². The normalized spacial score (nSPS) is 12.3. The van der Waals surface area contributed by atoms with Crippen LogP contribution in [-0.4, -0.2) is 119 Å². The van der Waals surface area contributed by atoms with Crippen LogP contribution < -0.4 is 36.3 Å². The molecule has 0 bridgehead atoms. The number of phenolic OH excluding ortho intramolecular Hbond substituents is 9. The van der Waals surface area contributed by atoms with E-state index in [0.717, 1.165) is 85.5 Å². The number of nitrogens with one attached hydrogen (secondary N) is 1. The number of H-pyrrole nitrogens is 1. The van der Waals surface area contributed by atoms with Crippen LogP contribution in [0.2, 0.25) is 0 Å². The van der Waals surface area contributed by atoms with Crippen LogP contribution in [0, 0.1) is 0 Å². The van der Waals surface area contributed by atoms with E-state index >= 15 is 0 Å². The van der Waals surface area contributed by atoms with Gasteiger partial charge in [0.1, 0.15) is 62.7 Å². The maximum absolute atomic E-state index is 12.2. The number of carbonyl (C=O) groups is 2. The summed E-state index contributed by atoms with van der Waals surface area (Å²) in [5.41, 5.74) is -0.540. The van der Waals surface area contributed by atoms with Gasteiger partial charge in [-0.2, -0.15) is 0 Å². The predicted molar refractivity (Wildman–Crippen MR) is 320 cm³/mol. The first kappa shape index (κ1) is 62.7. The number of aldehydes is 1. The van der Waals surface area contributed by atoms with Gasteiger partial charge in [-0.15, -0.1) is 0 Å². The number of hydrogen-bond acceptors (Lipinski definition) is 23. The third-order valence-electron chi connectivity index (χ3n) is 13.4. The first-order valence-electron chi connectivity index (χ1n) is 26.4. The highest BCUT2D eigenvalue weighted by molar-refractivity contribution is 5.90. The minimum Gasteiger partial charge on any atom is -0.508 e. The molecule has 2 aliphatic heterocycles. The van der Waals surface area contributed by atoms with Crippen LogP contribution >= 0.6 is 0 Å². The molecule has 12 rings (SSSR count). The quantitative estimate of drug-likeness (QED) is 0.0326. The summed E-state index contributed by atoms with van der Waals surface area (Å²) in [4.78, 5) is 77.0. The first-order valence-corrected chi connectivity index (χ1v) is 26.4. The van der Waals surface area contributed by atoms with Crippen LogP contribution in [0.3, 0.4) is 0 Å². The Morgan fingerprint density at radius 1 is 0.607 bits per heavy atom. The fourth-order valence-electron chi connectivity index (χ4n) is 8.88. The highest BCUT2D eigenvalue weighted by atomic mass is 16.7. The van der Waals surface area contributed by atoms with Gasteiger partial charge in [-0.25, -0.2) is 9.78 Å². The number of nitrogens with zero attached hydrogens (tertiary/aromatic N) is 4. The fraction of sp³-hybridized carbons (Fsp3) is 0.145. The van der Waals surface area contributed by atoms with Crippen molar-refractivity contribution in [2.75, 3.05) is 27.0 Å². The Morgan fingerprint density at radius 3 is 1.84 bits per heavy atom. The number of hydrogen-bond donors (Lipinski definition) is 12. The molecule has 27 nitrogen and oxygen atoms in total. The molecule has 1 saturated heterocycles. The van der Waals surface area contributed by atoms with Gasteiger partial charge in [0.2, 0.25) is 35.1 Å². The number of methoxy groups -OCH3 is 1. The minimum atomic E-state index is -0.916. The average Bonchev–Trinajstić information content (AvgIpc) is 1.48. The zero-order valence-corrected chi connectivity index (χ0v) is 47.1. The van der Waals surface area contributed by atoms with Crippen molar-refractivity contribution in [1.82, 2.24) is 24.0 Å². The van der Waals surface area contributed by atoms with Gasteiger partial charge < -0.3 is 88.7 Å². The summed E-state index contributed by atoms with van der Waals surface area (Å²) in [6, 6.07) is 21.4. The molecule has 6 heterocycles. The van der Waals surface area contributed by atoms with Gasteiger partial charge >= 0.3 is 5.69 Å². The lowest BCUT2D eigenvalue weighted by Crippen LogP contribution is -2.34. The Hall–Kier alpha value is -12.3. The second kappa shape index (κ2) is 27.2. The molecule has 0 radical (unpaired) electrons. The summed E-state index contributed by atoms with van der Waals surface area (Å²) in [5.74, 6) is -3.36. The van der Waals surface area contributed by atoms with E-state index < -0.39 is 56.6 Å². The highest BCUT2D eigenvalue weighted by Gasteiger charge is 2.23. The van der Waals surface area contributed by atoms with Gasteiger partial charge in [0.05, 0.1) is 19.0 Å². The first-order chi connectivity index (χ1) is 42.5. The number of ether oxygens (including phenoxy) is 3. The maximum Gasteiger partial charge on any atom is 0.329 e. The van der Waals surface area contributed by atoms with E-state index in [1.807, 2.05) is 35.3 Å². The van der Waals surface area contributed by atoms with Crippen molar-refractivity contribution in [3.05, 3.63) is 174 Å². The summed E-state index contributed by atoms with van der Waals surface area (Å²) in [5, 5.41) is 105. The number of aryl methyl sites for hydroxylation is 2. The van der Waals surface area contributed by atoms with E-state index in [-0.39, 0.29) is 86.0 Å². The monoisotopic (exact) mass is 1220 g/mol. The Morgan fingerprint density at radius 2 is 1.21 bits per heavy atom. The van der Waals surface area contributed by atoms with E-state index in [9.17, 15) is 79.8 Å². The number of piperidine rings is 1. The van der Waals surface area contributed by atoms with Crippen LogP contribution in [-0.2, 0) is 18.9 Å². The number of rotatable bonds is 7. The number of phenols is 9. The van der Waals surface area contributed by atoms with E-state index in [1.165, 1.54) is 60.8 Å². The van der Waals surface area contributed by atoms with E-state index in [4.69, 9.17) is 28.2 Å². The lowest BCUT2D eigenvalue weighted by Gasteiger charge is -2.25. The summed E-state index contributed by atoms with van der Waals surface area (Å²) < 4.78 is 28.9. The Bertz CT molecular complexity index is 4650. The van der Waals surface area contributed by atoms with Gasteiger partial charge in [0.15, 0.2) is 57.2 Å². The molecule has 89 heavy (non-hydrogen) atoms. The number of aromatic nitrogens is 4. The topological polar surface area (TPSA) is 421 Å². The largest absolute Gasteiger partial charge is 0.508 e. The van der Waals surface area contributed by atoms with Crippen molar-refractivity contribution in [3.63, 3.8) is 0 Å². The van der Waals surface area contributed by atoms with Gasteiger partial charge in [0.25, 0.3) is 5.56 Å². The van der Waals surface area contributed by atoms with Crippen LogP contribution in [0.4, 0.5) is 0 Å². The number of likely N-dealkylation sites (tertiary alicyclic amines) is 1. The molecule has 0 spiro atoms. The lowest BCUT2D eigenvalue weighted by atomic mass is 10.1. The molecule has 27 heteroatoms. The highest BCUT2D eigenvalue weighted by Crippen LogP contribution is 2.41. The van der Waals surface area contributed by atoms with Crippen molar-refractivity contribution in [2.24, 2.45) is 14.1 Å². The number of aromatic amines is 1. The zero-order chi connectivity index (χ0) is 64.4. The van der Waals surface area contributed by atoms with E-state index in [1.54, 1.807) is 30.8 Å². The van der Waals surface area contributed by atoms with E-state index in [2.05, 4.69) is 9.97 Å². The molecule has 0 unspecified atom stereocenters. The molecule has 2 aliphatic rings. The van der Waals surface area contributed by atoms with Crippen molar-refractivity contribution in [1.29, 1.82) is 0 Å². The predicted octanol–water partition coefficient (Wildman–Crippen LogP) is 7.15. The summed E-state index contributed by atoms with van der Waals surface area (Å²) in [6.07, 6.45) is 12.9. The minimum absolute atomic E-state index is 0.0304. The molecule has 460 valence electrons. The SMILES string of the molecule is COc1cc(C=O)ccc1O.Cn1cnc2c1c(=O)[nH]c(=O)n2C.O=C(/C=C/C=C/c1ccc2c(c1)OCO2)N1CCCCC1.O=c1c(O)c(-c2ccc(O)c(O)c2)oc2cc(O)cc(O)c12.O=c1c(O)c(-c2ccc(O)cc2O)oc2cc(O)cc(O)c12. The molecular formula is C62H55N5O22. The Balaban J connectivity index is 0.000000147. The summed E-state index contributed by atoms with van der Waals surface area (Å²) in [6.45, 7) is 2.05. The molecule has 1 fully saturated rings. The number of allylic oxidation sites excluding steroid dienone is 2. The maximum atomic E-state index is 12.2. The second-order valence-corrected chi connectivity index (χ2v) is 19.4. The standard InChI is InChI=1S/C17H19NO3.2C15H10O7.C8H8O3.C7H8N4O2/c19-17(18-10-4-1-5-11-18)7-3-2-6-14-8-9-15-16(12-14)21-13-20-15;16-6-1-2-8(9(18)3-6)15-14(21)13(20)12-10(19)4-7(17)5-11(12)22-15;16-7-4-10(19)12-11(5-7)22-15(14(21)13(12)20)6-1-2-8(17)9(18)3-6;1-11-8-4-6(5-9)2-3-7(8)10;1-10-3-8-5-4(10)6(12)9-7(13)11(5)2/h2-3,6-9,12H,1,4-5,10-11,13H2;2*1-5,16-19,21H;2-5,10H,1H3;3H,1-2H3,(H,9,12,13)/b6-2+,7-3+;;;;. The second-order valence-electron chi connectivity index (χ2n) is 19.4. The van der Waals surface area contributed by atoms with Crippen LogP contribution in [0.25, 0.3) is 61.8 Å². The summed E-state index contributed by atoms with van der Waals surface area (Å²) in [7, 11) is 4.70. The molecule has 12 N–H and O–H groups in total. The molecule has 4 aromatic heterocycles. The van der Waals surface area contributed by atoms with Gasteiger partial charge in [-0.05, 0) is 85.5 Å². The zero-order valence-electron chi connectivity index (χ0n) is 47.1. The number of benzene rings is 6. The summed E-state index contributed by atoms with van der Waals surface area (Å²) >= 11 is 0. The van der Waals surface area contributed by atoms with Gasteiger partial charge in [-0.1, -0.05) is 24.3 Å². The fourth-order valence-corrected chi connectivity index (χ4v) is 8.88. The van der Waals surface area contributed by atoms with Gasteiger partial charge in [-0.3, -0.25) is 33.5 Å². The van der Waals surface area contributed by atoms with E-state index in [0.29, 0.717) is 28.8 Å². The van der Waals surface area contributed by atoms with Crippen LogP contribution in [0.5, 0.6) is 80.5 Å². The number of carbonyl (C=O) groups excluding carboxylic acids is 2. The van der Waals surface area contributed by atoms with Crippen LogP contribution in [0.15, 0.2) is 150 Å². The Kier molecular flexibility index (Phi) is 19.2. The van der Waals surface area contributed by atoms with Gasteiger partial charge in [0, 0.05) is 74.7 Å². The third kappa shape index (κ3) is 14.3. The number of fused-ring (bicyclic) bond motifs is 4. The van der Waals surface area contributed by atoms with Crippen LogP contribution in [0.1, 0.15) is 35.2 Å². The number of aromatic hydroxyl groups is 11. The smallest absolute Gasteiger partial charge is 0.329 e. The molecule has 6 aromatic carbocycles. The molecule has 0 saturated carbocycles. The van der Waals surface area contributed by atoms with Crippen molar-refractivity contribution in [3.8, 4) is 103 Å². The van der Waals surface area contributed by atoms with Crippen molar-refractivity contribution < 1.29 is 88.8 Å². The average molecular weight is 1220 g/mol. The number of amides is 1.